The molecular weight excluding hydrogens is 418 g/mol. The number of H-pyrrole nitrogens is 1. The molecule has 0 aliphatic carbocycles. The minimum atomic E-state index is -0.923. The Morgan fingerprint density at radius 3 is 2.79 bits per heavy atom. The van der Waals surface area contributed by atoms with Gasteiger partial charge in [-0.2, -0.15) is 0 Å². The SMILES string of the molecule is NCCCCc1c(-c2ccc(Br)c3cccnc23)[nH]c2ccc(C(=O)O)cc12. The minimum Gasteiger partial charge on any atom is -0.478 e. The maximum atomic E-state index is 11.5. The first-order valence-electron chi connectivity index (χ1n) is 9.21. The first-order chi connectivity index (χ1) is 13.6. The summed E-state index contributed by atoms with van der Waals surface area (Å²) < 4.78 is 0.994. The van der Waals surface area contributed by atoms with Crippen molar-refractivity contribution in [2.45, 2.75) is 19.3 Å². The molecule has 0 bridgehead atoms. The van der Waals surface area contributed by atoms with Gasteiger partial charge in [0, 0.05) is 32.5 Å². The molecule has 0 radical (unpaired) electrons. The zero-order valence-corrected chi connectivity index (χ0v) is 16.8. The van der Waals surface area contributed by atoms with Crippen molar-refractivity contribution in [3.05, 3.63) is 64.3 Å². The van der Waals surface area contributed by atoms with E-state index in [4.69, 9.17) is 5.73 Å². The van der Waals surface area contributed by atoms with Gasteiger partial charge in [0.1, 0.15) is 0 Å². The summed E-state index contributed by atoms with van der Waals surface area (Å²) in [7, 11) is 0. The van der Waals surface area contributed by atoms with Crippen LogP contribution in [0.15, 0.2) is 53.1 Å². The lowest BCUT2D eigenvalue weighted by molar-refractivity contribution is 0.0697. The molecule has 0 aliphatic rings. The number of aromatic carboxylic acids is 1. The van der Waals surface area contributed by atoms with E-state index in [1.165, 1.54) is 0 Å². The van der Waals surface area contributed by atoms with E-state index in [1.54, 1.807) is 18.3 Å². The summed E-state index contributed by atoms with van der Waals surface area (Å²) in [5.74, 6) is -0.923. The molecule has 4 N–H and O–H groups in total. The van der Waals surface area contributed by atoms with Gasteiger partial charge in [-0.1, -0.05) is 22.0 Å². The van der Waals surface area contributed by atoms with E-state index in [0.29, 0.717) is 6.54 Å². The Labute approximate surface area is 170 Å². The molecule has 28 heavy (non-hydrogen) atoms. The highest BCUT2D eigenvalue weighted by molar-refractivity contribution is 9.10. The number of benzene rings is 2. The molecule has 4 aromatic rings. The average Bonchev–Trinajstić information content (AvgIpc) is 3.06. The Hall–Kier alpha value is -2.70. The number of carbonyl (C=O) groups is 1. The second-order valence-corrected chi connectivity index (χ2v) is 7.64. The molecule has 0 amide bonds. The van der Waals surface area contributed by atoms with Crippen LogP contribution in [0.3, 0.4) is 0 Å². The minimum absolute atomic E-state index is 0.289. The first kappa shape index (κ1) is 18.7. The highest BCUT2D eigenvalue weighted by Gasteiger charge is 2.18. The monoisotopic (exact) mass is 437 g/mol. The van der Waals surface area contributed by atoms with Crippen LogP contribution in [0.2, 0.25) is 0 Å². The molecule has 142 valence electrons. The predicted octanol–water partition coefficient (Wildman–Crippen LogP) is 5.13. The molecule has 4 rings (SSSR count). The van der Waals surface area contributed by atoms with Crippen LogP contribution in [0.25, 0.3) is 33.1 Å². The molecule has 0 unspecified atom stereocenters. The van der Waals surface area contributed by atoms with Crippen LogP contribution >= 0.6 is 15.9 Å². The molecule has 0 saturated heterocycles. The smallest absolute Gasteiger partial charge is 0.335 e. The molecule has 6 heteroatoms. The summed E-state index contributed by atoms with van der Waals surface area (Å²) in [6, 6.07) is 13.3. The Kier molecular flexibility index (Phi) is 5.15. The number of halogens is 1. The number of pyridine rings is 1. The third-order valence-electron chi connectivity index (χ3n) is 5.02. The van der Waals surface area contributed by atoms with Crippen molar-refractivity contribution in [2.75, 3.05) is 6.54 Å². The van der Waals surface area contributed by atoms with E-state index in [0.717, 1.165) is 62.4 Å². The number of aryl methyl sites for hydroxylation is 1. The maximum Gasteiger partial charge on any atom is 0.335 e. The fourth-order valence-electron chi connectivity index (χ4n) is 3.66. The highest BCUT2D eigenvalue weighted by atomic mass is 79.9. The lowest BCUT2D eigenvalue weighted by Gasteiger charge is -2.09. The molecule has 5 nitrogen and oxygen atoms in total. The molecule has 0 saturated carbocycles. The summed E-state index contributed by atoms with van der Waals surface area (Å²) in [5, 5.41) is 11.4. The van der Waals surface area contributed by atoms with E-state index < -0.39 is 5.97 Å². The standard InChI is InChI=1S/C22H20BrN3O2/c23-18-8-7-16(20-15(18)5-3-11-25-20)21-14(4-1-2-10-24)17-12-13(22(27)28)6-9-19(17)26-21/h3,5-9,11-12,26H,1-2,4,10,24H2,(H,27,28). The average molecular weight is 438 g/mol. The molecule has 2 heterocycles. The van der Waals surface area contributed by atoms with Crippen molar-refractivity contribution >= 4 is 43.7 Å². The topological polar surface area (TPSA) is 92.0 Å². The molecule has 0 aliphatic heterocycles. The van der Waals surface area contributed by atoms with Crippen LogP contribution in [0.4, 0.5) is 0 Å². The lowest BCUT2D eigenvalue weighted by atomic mass is 9.98. The molecular formula is C22H20BrN3O2. The van der Waals surface area contributed by atoms with Crippen LogP contribution in [-0.2, 0) is 6.42 Å². The summed E-state index contributed by atoms with van der Waals surface area (Å²) in [6.45, 7) is 0.640. The van der Waals surface area contributed by atoms with Gasteiger partial charge < -0.3 is 15.8 Å². The number of carboxylic acid groups (broad SMARTS) is 1. The normalized spacial score (nSPS) is 11.4. The number of nitrogens with one attached hydrogen (secondary N) is 1. The van der Waals surface area contributed by atoms with Gasteiger partial charge in [0.25, 0.3) is 0 Å². The van der Waals surface area contributed by atoms with Crippen molar-refractivity contribution in [1.82, 2.24) is 9.97 Å². The Morgan fingerprint density at radius 1 is 1.14 bits per heavy atom. The van der Waals surface area contributed by atoms with Crippen LogP contribution in [0.5, 0.6) is 0 Å². The zero-order valence-electron chi connectivity index (χ0n) is 15.2. The summed E-state index contributed by atoms with van der Waals surface area (Å²) in [6.07, 6.45) is 4.47. The van der Waals surface area contributed by atoms with Gasteiger partial charge in [0.05, 0.1) is 16.8 Å². The van der Waals surface area contributed by atoms with Gasteiger partial charge in [-0.3, -0.25) is 4.98 Å². The second-order valence-electron chi connectivity index (χ2n) is 6.78. The van der Waals surface area contributed by atoms with E-state index in [1.807, 2.05) is 24.3 Å². The van der Waals surface area contributed by atoms with Crippen molar-refractivity contribution < 1.29 is 9.90 Å². The molecule has 0 spiro atoms. The molecule has 0 fully saturated rings. The van der Waals surface area contributed by atoms with Gasteiger partial charge in [0.15, 0.2) is 0 Å². The van der Waals surface area contributed by atoms with E-state index in [-0.39, 0.29) is 5.56 Å². The Morgan fingerprint density at radius 2 is 2.00 bits per heavy atom. The number of aromatic nitrogens is 2. The molecule has 2 aromatic heterocycles. The van der Waals surface area contributed by atoms with Crippen LogP contribution in [-0.4, -0.2) is 27.6 Å². The van der Waals surface area contributed by atoms with Crippen molar-refractivity contribution in [2.24, 2.45) is 5.73 Å². The van der Waals surface area contributed by atoms with E-state index in [9.17, 15) is 9.90 Å². The van der Waals surface area contributed by atoms with Crippen molar-refractivity contribution in [1.29, 1.82) is 0 Å². The maximum absolute atomic E-state index is 11.5. The van der Waals surface area contributed by atoms with Crippen LogP contribution in [0.1, 0.15) is 28.8 Å². The number of nitrogens with two attached hydrogens (primary N) is 1. The number of rotatable bonds is 6. The zero-order chi connectivity index (χ0) is 19.7. The van der Waals surface area contributed by atoms with E-state index in [2.05, 4.69) is 32.0 Å². The fraction of sp³-hybridized carbons (Fsp3) is 0.182. The number of fused-ring (bicyclic) bond motifs is 2. The molecule has 0 atom stereocenters. The number of hydrogen-bond donors (Lipinski definition) is 3. The van der Waals surface area contributed by atoms with Crippen molar-refractivity contribution in [3.63, 3.8) is 0 Å². The summed E-state index contributed by atoms with van der Waals surface area (Å²) in [4.78, 5) is 19.6. The van der Waals surface area contributed by atoms with Crippen molar-refractivity contribution in [3.8, 4) is 11.3 Å². The predicted molar refractivity (Wildman–Crippen MR) is 116 cm³/mol. The summed E-state index contributed by atoms with van der Waals surface area (Å²) in [5.41, 5.74) is 10.9. The Bertz CT molecular complexity index is 1180. The fourth-order valence-corrected chi connectivity index (χ4v) is 4.11. The van der Waals surface area contributed by atoms with E-state index >= 15 is 0 Å². The van der Waals surface area contributed by atoms with Gasteiger partial charge >= 0.3 is 5.97 Å². The number of hydrogen-bond acceptors (Lipinski definition) is 3. The third-order valence-corrected chi connectivity index (χ3v) is 5.71. The first-order valence-corrected chi connectivity index (χ1v) is 10.0. The van der Waals surface area contributed by atoms with Gasteiger partial charge in [0.2, 0.25) is 0 Å². The lowest BCUT2D eigenvalue weighted by Crippen LogP contribution is -2.00. The quantitative estimate of drug-likeness (QED) is 0.364. The highest BCUT2D eigenvalue weighted by Crippen LogP contribution is 2.37. The second kappa shape index (κ2) is 7.73. The third kappa shape index (κ3) is 3.30. The number of carboxylic acids is 1. The largest absolute Gasteiger partial charge is 0.478 e. The van der Waals surface area contributed by atoms with Gasteiger partial charge in [-0.25, -0.2) is 4.79 Å². The Balaban J connectivity index is 1.97. The van der Waals surface area contributed by atoms with Gasteiger partial charge in [-0.05, 0) is 67.8 Å². The summed E-state index contributed by atoms with van der Waals surface area (Å²) >= 11 is 3.60. The number of nitrogens with zero attached hydrogens (tertiary/aromatic N) is 1. The molecule has 2 aromatic carbocycles. The number of unbranched alkanes of at least 4 members (excludes halogenated alkanes) is 1. The van der Waals surface area contributed by atoms with Gasteiger partial charge in [-0.15, -0.1) is 0 Å². The van der Waals surface area contributed by atoms with Crippen LogP contribution in [0, 0.1) is 0 Å². The van der Waals surface area contributed by atoms with Crippen LogP contribution < -0.4 is 5.73 Å². The number of aromatic amines is 1.